The van der Waals surface area contributed by atoms with E-state index in [1.165, 1.54) is 12.1 Å². The third-order valence-electron chi connectivity index (χ3n) is 3.67. The van der Waals surface area contributed by atoms with Crippen molar-refractivity contribution in [1.29, 1.82) is 0 Å². The summed E-state index contributed by atoms with van der Waals surface area (Å²) >= 11 is 0. The number of aryl methyl sites for hydroxylation is 1. The van der Waals surface area contributed by atoms with Gasteiger partial charge in [-0.15, -0.1) is 5.10 Å². The zero-order valence-corrected chi connectivity index (χ0v) is 15.1. The summed E-state index contributed by atoms with van der Waals surface area (Å²) in [5.74, 6) is -0.157. The van der Waals surface area contributed by atoms with Crippen LogP contribution in [0.5, 0.6) is 0 Å². The normalized spacial score (nSPS) is 11.3. The van der Waals surface area contributed by atoms with Gasteiger partial charge in [-0.1, -0.05) is 41.0 Å². The Labute approximate surface area is 151 Å². The van der Waals surface area contributed by atoms with Crippen LogP contribution < -0.4 is 5.32 Å². The first kappa shape index (κ1) is 17.8. The lowest BCUT2D eigenvalue weighted by Gasteiger charge is -2.02. The van der Waals surface area contributed by atoms with Gasteiger partial charge < -0.3 is 4.42 Å². The molecular weight excluding hydrogens is 354 g/mol. The number of nitrogens with zero attached hydrogens (tertiary/aromatic N) is 2. The molecule has 0 atom stereocenters. The van der Waals surface area contributed by atoms with Gasteiger partial charge in [0.05, 0.1) is 11.3 Å². The molecular formula is C18H17N3O4S. The van der Waals surface area contributed by atoms with Gasteiger partial charge in [0.1, 0.15) is 0 Å². The zero-order valence-electron chi connectivity index (χ0n) is 14.3. The fraction of sp³-hybridized carbons (Fsp3) is 0.167. The number of rotatable bonds is 5. The highest BCUT2D eigenvalue weighted by atomic mass is 32.2. The summed E-state index contributed by atoms with van der Waals surface area (Å²) in [5.41, 5.74) is 2.44. The fourth-order valence-corrected chi connectivity index (χ4v) is 2.97. The van der Waals surface area contributed by atoms with E-state index < -0.39 is 9.84 Å². The third kappa shape index (κ3) is 4.34. The molecule has 1 amide bonds. The summed E-state index contributed by atoms with van der Waals surface area (Å²) in [5, 5.41) is 10.2. The number of hydrogen-bond acceptors (Lipinski definition) is 6. The minimum Gasteiger partial charge on any atom is -0.403 e. The number of amides is 1. The number of aromatic nitrogens is 2. The van der Waals surface area contributed by atoms with Crippen molar-refractivity contribution >= 4 is 21.8 Å². The quantitative estimate of drug-likeness (QED) is 0.740. The summed E-state index contributed by atoms with van der Waals surface area (Å²) in [6, 6.07) is 13.8. The molecule has 3 aromatic rings. The lowest BCUT2D eigenvalue weighted by atomic mass is 10.1. The van der Waals surface area contributed by atoms with Crippen LogP contribution in [0.3, 0.4) is 0 Å². The van der Waals surface area contributed by atoms with Crippen LogP contribution in [-0.2, 0) is 21.1 Å². The van der Waals surface area contributed by atoms with Gasteiger partial charge in [0.15, 0.2) is 9.84 Å². The summed E-state index contributed by atoms with van der Waals surface area (Å²) < 4.78 is 28.7. The van der Waals surface area contributed by atoms with Gasteiger partial charge in [0.25, 0.3) is 0 Å². The second kappa shape index (κ2) is 7.09. The van der Waals surface area contributed by atoms with Gasteiger partial charge in [-0.25, -0.2) is 8.42 Å². The Morgan fingerprint density at radius 1 is 1.12 bits per heavy atom. The molecule has 26 heavy (non-hydrogen) atoms. The molecule has 0 bridgehead atoms. The Bertz CT molecular complexity index is 1040. The van der Waals surface area contributed by atoms with Crippen LogP contribution >= 0.6 is 0 Å². The molecule has 0 unspecified atom stereocenters. The zero-order chi connectivity index (χ0) is 18.7. The van der Waals surface area contributed by atoms with E-state index in [1.807, 2.05) is 31.2 Å². The highest BCUT2D eigenvalue weighted by Crippen LogP contribution is 2.22. The molecule has 1 heterocycles. The molecule has 0 saturated carbocycles. The first-order chi connectivity index (χ1) is 12.3. The van der Waals surface area contributed by atoms with Gasteiger partial charge in [-0.05, 0) is 30.7 Å². The lowest BCUT2D eigenvalue weighted by Crippen LogP contribution is -2.14. The number of hydrogen-bond donors (Lipinski definition) is 1. The number of carbonyl (C=O) groups is 1. The molecule has 0 aliphatic carbocycles. The lowest BCUT2D eigenvalue weighted by molar-refractivity contribution is -0.115. The average molecular weight is 371 g/mol. The van der Waals surface area contributed by atoms with Gasteiger partial charge in [0.2, 0.25) is 11.8 Å². The molecule has 1 N–H and O–H groups in total. The highest BCUT2D eigenvalue weighted by Gasteiger charge is 2.14. The maximum absolute atomic E-state index is 12.1. The van der Waals surface area contributed by atoms with Crippen molar-refractivity contribution in [3.8, 4) is 11.5 Å². The maximum atomic E-state index is 12.1. The molecule has 7 nitrogen and oxygen atoms in total. The molecule has 0 spiro atoms. The van der Waals surface area contributed by atoms with Gasteiger partial charge in [0, 0.05) is 11.8 Å². The molecule has 8 heteroatoms. The van der Waals surface area contributed by atoms with Crippen molar-refractivity contribution in [2.24, 2.45) is 0 Å². The Hall–Kier alpha value is -3.00. The summed E-state index contributed by atoms with van der Waals surface area (Å²) in [6.45, 7) is 1.97. The predicted molar refractivity (Wildman–Crippen MR) is 96.4 cm³/mol. The minimum absolute atomic E-state index is 0.0399. The van der Waals surface area contributed by atoms with Crippen LogP contribution in [0, 0.1) is 6.92 Å². The van der Waals surface area contributed by atoms with Crippen molar-refractivity contribution in [3.63, 3.8) is 0 Å². The van der Waals surface area contributed by atoms with Gasteiger partial charge in [-0.2, -0.15) is 0 Å². The van der Waals surface area contributed by atoms with E-state index in [-0.39, 0.29) is 29.1 Å². The van der Waals surface area contributed by atoms with E-state index in [4.69, 9.17) is 4.42 Å². The van der Waals surface area contributed by atoms with Crippen LogP contribution in [0.2, 0.25) is 0 Å². The van der Waals surface area contributed by atoms with Crippen LogP contribution in [0.15, 0.2) is 57.8 Å². The third-order valence-corrected chi connectivity index (χ3v) is 4.78. The van der Waals surface area contributed by atoms with E-state index >= 15 is 0 Å². The summed E-state index contributed by atoms with van der Waals surface area (Å²) in [7, 11) is -3.34. The molecule has 2 aromatic carbocycles. The minimum atomic E-state index is -3.34. The Morgan fingerprint density at radius 2 is 1.85 bits per heavy atom. The Morgan fingerprint density at radius 3 is 2.54 bits per heavy atom. The molecule has 0 aliphatic rings. The smallest absolute Gasteiger partial charge is 0.322 e. The second-order valence-electron chi connectivity index (χ2n) is 5.92. The number of sulfone groups is 1. The van der Waals surface area contributed by atoms with Crippen LogP contribution in [-0.4, -0.2) is 30.8 Å². The summed E-state index contributed by atoms with van der Waals surface area (Å²) in [4.78, 5) is 12.2. The van der Waals surface area contributed by atoms with E-state index in [0.717, 1.165) is 17.4 Å². The SMILES string of the molecule is Cc1ccc(CC(=O)Nc2nnc(-c3cccc(S(C)(=O)=O)c3)o2)cc1. The molecule has 1 aromatic heterocycles. The molecule has 0 radical (unpaired) electrons. The van der Waals surface area contributed by atoms with E-state index in [9.17, 15) is 13.2 Å². The summed E-state index contributed by atoms with van der Waals surface area (Å²) in [6.07, 6.45) is 1.30. The average Bonchev–Trinajstić information content (AvgIpc) is 3.05. The topological polar surface area (TPSA) is 102 Å². The molecule has 0 aliphatic heterocycles. The molecule has 0 saturated heterocycles. The first-order valence-electron chi connectivity index (χ1n) is 7.81. The first-order valence-corrected chi connectivity index (χ1v) is 9.70. The number of benzene rings is 2. The van der Waals surface area contributed by atoms with E-state index in [1.54, 1.807) is 12.1 Å². The van der Waals surface area contributed by atoms with E-state index in [0.29, 0.717) is 5.56 Å². The highest BCUT2D eigenvalue weighted by molar-refractivity contribution is 7.90. The van der Waals surface area contributed by atoms with Crippen LogP contribution in [0.4, 0.5) is 6.01 Å². The molecule has 0 fully saturated rings. The molecule has 134 valence electrons. The van der Waals surface area contributed by atoms with Crippen molar-refractivity contribution in [1.82, 2.24) is 10.2 Å². The number of anilines is 1. The standard InChI is InChI=1S/C18H17N3O4S/c1-12-6-8-13(9-7-12)10-16(22)19-18-21-20-17(25-18)14-4-3-5-15(11-14)26(2,23)24/h3-9,11H,10H2,1-2H3,(H,19,21,22). The number of nitrogens with one attached hydrogen (secondary N) is 1. The van der Waals surface area contributed by atoms with Crippen molar-refractivity contribution in [3.05, 3.63) is 59.7 Å². The van der Waals surface area contributed by atoms with Gasteiger partial charge in [-0.3, -0.25) is 10.1 Å². The van der Waals surface area contributed by atoms with Gasteiger partial charge >= 0.3 is 6.01 Å². The van der Waals surface area contributed by atoms with Crippen molar-refractivity contribution in [2.75, 3.05) is 11.6 Å². The molecule has 3 rings (SSSR count). The second-order valence-corrected chi connectivity index (χ2v) is 7.94. The fourth-order valence-electron chi connectivity index (χ4n) is 2.30. The number of carbonyl (C=O) groups excluding carboxylic acids is 1. The van der Waals surface area contributed by atoms with Crippen LogP contribution in [0.25, 0.3) is 11.5 Å². The van der Waals surface area contributed by atoms with E-state index in [2.05, 4.69) is 15.5 Å². The Balaban J connectivity index is 1.72. The largest absolute Gasteiger partial charge is 0.403 e. The Kier molecular flexibility index (Phi) is 4.85. The van der Waals surface area contributed by atoms with Crippen LogP contribution in [0.1, 0.15) is 11.1 Å². The monoisotopic (exact) mass is 371 g/mol. The van der Waals surface area contributed by atoms with Crippen molar-refractivity contribution in [2.45, 2.75) is 18.2 Å². The predicted octanol–water partition coefficient (Wildman–Crippen LogP) is 2.63. The maximum Gasteiger partial charge on any atom is 0.322 e. The van der Waals surface area contributed by atoms with Crippen molar-refractivity contribution < 1.29 is 17.6 Å².